The summed E-state index contributed by atoms with van der Waals surface area (Å²) in [6, 6.07) is 14.0. The molecule has 2 N–H and O–H groups in total. The van der Waals surface area contributed by atoms with Crippen molar-refractivity contribution in [3.05, 3.63) is 74.0 Å². The van der Waals surface area contributed by atoms with Gasteiger partial charge in [0.05, 0.1) is 11.6 Å². The number of quaternary nitrogens is 1. The van der Waals surface area contributed by atoms with Crippen molar-refractivity contribution in [3.8, 4) is 5.75 Å². The van der Waals surface area contributed by atoms with Crippen LogP contribution in [0.3, 0.4) is 0 Å². The van der Waals surface area contributed by atoms with Crippen LogP contribution in [-0.4, -0.2) is 7.11 Å². The van der Waals surface area contributed by atoms with E-state index in [0.29, 0.717) is 12.1 Å². The van der Waals surface area contributed by atoms with Crippen LogP contribution in [0.15, 0.2) is 56.1 Å². The van der Waals surface area contributed by atoms with Gasteiger partial charge in [-0.3, -0.25) is 0 Å². The van der Waals surface area contributed by atoms with E-state index < -0.39 is 0 Å². The standard InChI is InChI=1S/C21H22BrNO3/c1-4-14-5-7-17-16(11-21(24)26-20(17)9-14)12-23-13(2)15-6-8-19(25-3)18(22)10-15/h5-11,13,23H,4,12H2,1-3H3/p+1/t13-/m1/s1. The summed E-state index contributed by atoms with van der Waals surface area (Å²) in [5.74, 6) is 0.819. The molecule has 0 unspecified atom stereocenters. The number of nitrogens with two attached hydrogens (primary N) is 1. The molecule has 1 heterocycles. The van der Waals surface area contributed by atoms with Gasteiger partial charge >= 0.3 is 5.63 Å². The van der Waals surface area contributed by atoms with E-state index in [9.17, 15) is 4.79 Å². The molecule has 136 valence electrons. The maximum Gasteiger partial charge on any atom is 0.336 e. The smallest absolute Gasteiger partial charge is 0.336 e. The minimum Gasteiger partial charge on any atom is -0.496 e. The van der Waals surface area contributed by atoms with E-state index in [4.69, 9.17) is 9.15 Å². The SMILES string of the molecule is CCc1ccc2c(C[NH2+][C@H](C)c3ccc(OC)c(Br)c3)cc(=O)oc2c1. The van der Waals surface area contributed by atoms with Crippen molar-refractivity contribution in [2.75, 3.05) is 7.11 Å². The Morgan fingerprint density at radius 1 is 1.19 bits per heavy atom. The largest absolute Gasteiger partial charge is 0.496 e. The second kappa shape index (κ2) is 8.06. The summed E-state index contributed by atoms with van der Waals surface area (Å²) in [6.45, 7) is 4.95. The van der Waals surface area contributed by atoms with Gasteiger partial charge in [-0.25, -0.2) is 4.79 Å². The highest BCUT2D eigenvalue weighted by atomic mass is 79.9. The minimum atomic E-state index is -0.297. The van der Waals surface area contributed by atoms with Crippen molar-refractivity contribution >= 4 is 26.9 Å². The van der Waals surface area contributed by atoms with E-state index >= 15 is 0 Å². The van der Waals surface area contributed by atoms with Gasteiger partial charge in [-0.1, -0.05) is 19.1 Å². The molecule has 0 aliphatic rings. The third-order valence-corrected chi connectivity index (χ3v) is 5.32. The van der Waals surface area contributed by atoms with Gasteiger partial charge in [0, 0.05) is 22.6 Å². The number of benzene rings is 2. The number of aryl methyl sites for hydroxylation is 1. The van der Waals surface area contributed by atoms with Crippen LogP contribution in [-0.2, 0) is 13.0 Å². The number of ether oxygens (including phenoxy) is 1. The fourth-order valence-electron chi connectivity index (χ4n) is 3.07. The second-order valence-corrected chi connectivity index (χ2v) is 7.25. The maximum absolute atomic E-state index is 11.9. The fourth-order valence-corrected chi connectivity index (χ4v) is 3.63. The van der Waals surface area contributed by atoms with Crippen molar-refractivity contribution in [3.63, 3.8) is 0 Å². The third-order valence-electron chi connectivity index (χ3n) is 4.70. The number of halogens is 1. The first-order valence-electron chi connectivity index (χ1n) is 8.74. The highest BCUT2D eigenvalue weighted by Gasteiger charge is 2.13. The van der Waals surface area contributed by atoms with E-state index in [2.05, 4.69) is 59.4 Å². The van der Waals surface area contributed by atoms with Gasteiger partial charge in [-0.05, 0) is 59.1 Å². The second-order valence-electron chi connectivity index (χ2n) is 6.40. The summed E-state index contributed by atoms with van der Waals surface area (Å²) in [5, 5.41) is 3.22. The lowest BCUT2D eigenvalue weighted by atomic mass is 10.0. The van der Waals surface area contributed by atoms with E-state index in [1.165, 1.54) is 11.1 Å². The van der Waals surface area contributed by atoms with Crippen LogP contribution >= 0.6 is 15.9 Å². The molecule has 1 atom stereocenters. The number of fused-ring (bicyclic) bond motifs is 1. The lowest BCUT2D eigenvalue weighted by Gasteiger charge is -2.13. The molecule has 4 nitrogen and oxygen atoms in total. The van der Waals surface area contributed by atoms with Crippen LogP contribution in [0.5, 0.6) is 5.75 Å². The van der Waals surface area contributed by atoms with Crippen LogP contribution in [0.4, 0.5) is 0 Å². The van der Waals surface area contributed by atoms with Crippen LogP contribution in [0.2, 0.25) is 0 Å². The Bertz CT molecular complexity index is 981. The van der Waals surface area contributed by atoms with Crippen molar-refractivity contribution in [1.29, 1.82) is 0 Å². The molecule has 0 aliphatic heterocycles. The first-order chi connectivity index (χ1) is 12.5. The summed E-state index contributed by atoms with van der Waals surface area (Å²) in [5.41, 5.74) is 3.73. The van der Waals surface area contributed by atoms with Gasteiger partial charge in [-0.2, -0.15) is 0 Å². The summed E-state index contributed by atoms with van der Waals surface area (Å²) in [4.78, 5) is 11.9. The highest BCUT2D eigenvalue weighted by molar-refractivity contribution is 9.10. The quantitative estimate of drug-likeness (QED) is 0.618. The molecule has 1 aromatic heterocycles. The van der Waals surface area contributed by atoms with E-state index in [1.807, 2.05) is 12.1 Å². The minimum absolute atomic E-state index is 0.245. The summed E-state index contributed by atoms with van der Waals surface area (Å²) < 4.78 is 11.6. The molecule has 0 saturated carbocycles. The molecule has 0 saturated heterocycles. The van der Waals surface area contributed by atoms with Crippen molar-refractivity contribution < 1.29 is 14.5 Å². The highest BCUT2D eigenvalue weighted by Crippen LogP contribution is 2.27. The van der Waals surface area contributed by atoms with Gasteiger partial charge in [-0.15, -0.1) is 0 Å². The van der Waals surface area contributed by atoms with Gasteiger partial charge in [0.2, 0.25) is 0 Å². The normalized spacial score (nSPS) is 12.3. The lowest BCUT2D eigenvalue weighted by Crippen LogP contribution is -2.83. The fraction of sp³-hybridized carbons (Fsp3) is 0.286. The zero-order valence-corrected chi connectivity index (χ0v) is 16.8. The van der Waals surface area contributed by atoms with Crippen molar-refractivity contribution in [2.24, 2.45) is 0 Å². The molecule has 0 radical (unpaired) electrons. The van der Waals surface area contributed by atoms with Crippen LogP contribution in [0.25, 0.3) is 11.0 Å². The molecule has 0 aliphatic carbocycles. The third kappa shape index (κ3) is 4.00. The molecule has 0 amide bonds. The number of methoxy groups -OCH3 is 1. The zero-order valence-electron chi connectivity index (χ0n) is 15.2. The van der Waals surface area contributed by atoms with Gasteiger partial charge < -0.3 is 14.5 Å². The topological polar surface area (TPSA) is 56.0 Å². The van der Waals surface area contributed by atoms with Crippen molar-refractivity contribution in [2.45, 2.75) is 32.9 Å². The van der Waals surface area contributed by atoms with Crippen LogP contribution in [0, 0.1) is 0 Å². The lowest BCUT2D eigenvalue weighted by molar-refractivity contribution is -0.707. The Morgan fingerprint density at radius 3 is 2.69 bits per heavy atom. The Kier molecular flexibility index (Phi) is 5.79. The predicted octanol–water partition coefficient (Wildman–Crippen LogP) is 3.95. The molecule has 5 heteroatoms. The number of hydrogen-bond donors (Lipinski definition) is 1. The van der Waals surface area contributed by atoms with Gasteiger partial charge in [0.1, 0.15) is 23.9 Å². The average Bonchev–Trinajstić information content (AvgIpc) is 2.64. The molecule has 3 aromatic rings. The number of hydrogen-bond acceptors (Lipinski definition) is 3. The Labute approximate surface area is 161 Å². The molecule has 0 bridgehead atoms. The van der Waals surface area contributed by atoms with Gasteiger partial charge in [0.25, 0.3) is 0 Å². The summed E-state index contributed by atoms with van der Waals surface area (Å²) in [6.07, 6.45) is 0.916. The Morgan fingerprint density at radius 2 is 2.00 bits per heavy atom. The molecule has 26 heavy (non-hydrogen) atoms. The molecule has 3 rings (SSSR count). The molecule has 2 aromatic carbocycles. The van der Waals surface area contributed by atoms with Crippen LogP contribution in [0.1, 0.15) is 36.6 Å². The first kappa shape index (κ1) is 18.7. The van der Waals surface area contributed by atoms with E-state index in [1.54, 1.807) is 13.2 Å². The van der Waals surface area contributed by atoms with Crippen LogP contribution < -0.4 is 15.7 Å². The average molecular weight is 417 g/mol. The monoisotopic (exact) mass is 416 g/mol. The maximum atomic E-state index is 11.9. The Hall–Kier alpha value is -2.11. The van der Waals surface area contributed by atoms with Gasteiger partial charge in [0.15, 0.2) is 0 Å². The van der Waals surface area contributed by atoms with Crippen molar-refractivity contribution in [1.82, 2.24) is 0 Å². The van der Waals surface area contributed by atoms with E-state index in [0.717, 1.165) is 27.6 Å². The summed E-state index contributed by atoms with van der Waals surface area (Å²) >= 11 is 3.53. The molecular weight excluding hydrogens is 394 g/mol. The molecule has 0 fully saturated rings. The Balaban J connectivity index is 1.83. The summed E-state index contributed by atoms with van der Waals surface area (Å²) in [7, 11) is 1.66. The predicted molar refractivity (Wildman–Crippen MR) is 107 cm³/mol. The number of rotatable bonds is 6. The zero-order chi connectivity index (χ0) is 18.7. The molecular formula is C21H23BrNO3+. The molecule has 0 spiro atoms. The first-order valence-corrected chi connectivity index (χ1v) is 9.53. The van der Waals surface area contributed by atoms with E-state index in [-0.39, 0.29) is 11.7 Å².